The number of hydrogen-bond acceptors (Lipinski definition) is 5. The zero-order valence-electron chi connectivity index (χ0n) is 19.4. The summed E-state index contributed by atoms with van der Waals surface area (Å²) in [6.45, 7) is 0.517. The molecule has 3 rings (SSSR count). The maximum Gasteiger partial charge on any atom is 0.255 e. The van der Waals surface area contributed by atoms with Gasteiger partial charge in [-0.2, -0.15) is 5.26 Å². The van der Waals surface area contributed by atoms with Crippen LogP contribution in [-0.2, 0) is 5.41 Å². The summed E-state index contributed by atoms with van der Waals surface area (Å²) in [7, 11) is 4.77. The SMILES string of the molecule is C.CN=C(NC#N)NC1CCC(CNC(=O)c2ccc(OC)cc2OC)(c2ccccc2)CC1. The summed E-state index contributed by atoms with van der Waals surface area (Å²) in [5.74, 6) is 1.42. The third-order valence-electron chi connectivity index (χ3n) is 6.31. The van der Waals surface area contributed by atoms with Crippen LogP contribution in [-0.4, -0.2) is 45.7 Å². The van der Waals surface area contributed by atoms with Crippen molar-refractivity contribution in [2.45, 2.75) is 44.6 Å². The van der Waals surface area contributed by atoms with Crippen LogP contribution in [0.25, 0.3) is 0 Å². The van der Waals surface area contributed by atoms with E-state index in [2.05, 4.69) is 33.1 Å². The number of ether oxygens (including phenoxy) is 2. The number of hydrogen-bond donors (Lipinski definition) is 3. The van der Waals surface area contributed by atoms with Crippen molar-refractivity contribution in [1.29, 1.82) is 5.26 Å². The lowest BCUT2D eigenvalue weighted by molar-refractivity contribution is 0.0932. The molecular formula is C26H35N5O3. The van der Waals surface area contributed by atoms with Crippen molar-refractivity contribution in [3.05, 3.63) is 59.7 Å². The second kappa shape index (κ2) is 12.5. The molecule has 0 radical (unpaired) electrons. The number of carbonyl (C=O) groups excluding carboxylic acids is 1. The number of guanidine groups is 1. The van der Waals surface area contributed by atoms with Gasteiger partial charge in [-0.15, -0.1) is 0 Å². The van der Waals surface area contributed by atoms with Crippen LogP contribution in [0.2, 0.25) is 0 Å². The van der Waals surface area contributed by atoms with E-state index in [1.54, 1.807) is 39.5 Å². The number of carbonyl (C=O) groups is 1. The van der Waals surface area contributed by atoms with Crippen LogP contribution in [0.5, 0.6) is 11.5 Å². The van der Waals surface area contributed by atoms with Gasteiger partial charge in [0.2, 0.25) is 5.96 Å². The second-order valence-electron chi connectivity index (χ2n) is 8.12. The molecule has 2 aromatic rings. The Bertz CT molecular complexity index is 1010. The number of methoxy groups -OCH3 is 2. The molecule has 0 unspecified atom stereocenters. The van der Waals surface area contributed by atoms with Crippen LogP contribution in [0.3, 0.4) is 0 Å². The van der Waals surface area contributed by atoms with Gasteiger partial charge in [-0.3, -0.25) is 15.1 Å². The fourth-order valence-electron chi connectivity index (χ4n) is 4.41. The summed E-state index contributed by atoms with van der Waals surface area (Å²) in [6.07, 6.45) is 5.46. The summed E-state index contributed by atoms with van der Waals surface area (Å²) < 4.78 is 10.6. The highest BCUT2D eigenvalue weighted by Gasteiger charge is 2.37. The van der Waals surface area contributed by atoms with Gasteiger partial charge in [0.1, 0.15) is 11.5 Å². The Morgan fingerprint density at radius 2 is 1.85 bits per heavy atom. The zero-order chi connectivity index (χ0) is 23.7. The van der Waals surface area contributed by atoms with Crippen LogP contribution in [0.1, 0.15) is 49.0 Å². The van der Waals surface area contributed by atoms with E-state index < -0.39 is 0 Å². The smallest absolute Gasteiger partial charge is 0.255 e. The topological polar surface area (TPSA) is 108 Å². The standard InChI is InChI=1S/C25H31N5O3.CH4/c1-27-24(29-17-26)30-19-11-13-25(14-12-19,18-7-5-4-6-8-18)16-28-23(31)21-10-9-20(32-2)15-22(21)33-3;/h4-10,15,19H,11-14,16H2,1-3H3,(H,28,31)(H2,27,29,30);1H4. The Hall–Kier alpha value is -3.73. The number of rotatable bonds is 7. The molecule has 0 heterocycles. The summed E-state index contributed by atoms with van der Waals surface area (Å²) >= 11 is 0. The summed E-state index contributed by atoms with van der Waals surface area (Å²) in [6, 6.07) is 15.7. The number of nitriles is 1. The predicted molar refractivity (Wildman–Crippen MR) is 134 cm³/mol. The van der Waals surface area contributed by atoms with Crippen molar-refractivity contribution in [3.8, 4) is 17.7 Å². The van der Waals surface area contributed by atoms with Crippen LogP contribution < -0.4 is 25.4 Å². The van der Waals surface area contributed by atoms with Crippen LogP contribution in [0.15, 0.2) is 53.5 Å². The largest absolute Gasteiger partial charge is 0.497 e. The molecule has 0 bridgehead atoms. The van der Waals surface area contributed by atoms with E-state index in [9.17, 15) is 4.79 Å². The third-order valence-corrected chi connectivity index (χ3v) is 6.31. The molecule has 3 N–H and O–H groups in total. The molecule has 1 saturated carbocycles. The van der Waals surface area contributed by atoms with E-state index >= 15 is 0 Å². The van der Waals surface area contributed by atoms with Crippen LogP contribution >= 0.6 is 0 Å². The van der Waals surface area contributed by atoms with Gasteiger partial charge >= 0.3 is 0 Å². The Morgan fingerprint density at radius 1 is 1.15 bits per heavy atom. The van der Waals surface area contributed by atoms with E-state index in [4.69, 9.17) is 14.7 Å². The molecule has 0 spiro atoms. The second-order valence-corrected chi connectivity index (χ2v) is 8.12. The molecule has 2 aromatic carbocycles. The van der Waals surface area contributed by atoms with Gasteiger partial charge in [0.05, 0.1) is 19.8 Å². The number of nitrogens with zero attached hydrogens (tertiary/aromatic N) is 2. The van der Waals surface area contributed by atoms with Crippen molar-refractivity contribution >= 4 is 11.9 Å². The minimum Gasteiger partial charge on any atom is -0.497 e. The Morgan fingerprint density at radius 3 is 2.44 bits per heavy atom. The fraction of sp³-hybridized carbons (Fsp3) is 0.423. The van der Waals surface area contributed by atoms with Gasteiger partial charge in [0.15, 0.2) is 6.19 Å². The maximum absolute atomic E-state index is 13.1. The van der Waals surface area contributed by atoms with Crippen molar-refractivity contribution < 1.29 is 14.3 Å². The normalized spacial score (nSPS) is 19.7. The molecule has 0 saturated heterocycles. The molecule has 1 aliphatic rings. The quantitative estimate of drug-likeness (QED) is 0.250. The van der Waals surface area contributed by atoms with Gasteiger partial charge < -0.3 is 20.1 Å². The first-order valence-corrected chi connectivity index (χ1v) is 11.0. The molecule has 34 heavy (non-hydrogen) atoms. The minimum absolute atomic E-state index is 0. The molecule has 0 aromatic heterocycles. The highest BCUT2D eigenvalue weighted by atomic mass is 16.5. The first-order chi connectivity index (χ1) is 16.0. The summed E-state index contributed by atoms with van der Waals surface area (Å²) in [5.41, 5.74) is 1.51. The Labute approximate surface area is 202 Å². The number of nitrogens with one attached hydrogen (secondary N) is 3. The molecule has 8 nitrogen and oxygen atoms in total. The molecule has 1 amide bonds. The molecule has 182 valence electrons. The molecule has 8 heteroatoms. The highest BCUT2D eigenvalue weighted by Crippen LogP contribution is 2.39. The van der Waals surface area contributed by atoms with Crippen molar-refractivity contribution in [1.82, 2.24) is 16.0 Å². The van der Waals surface area contributed by atoms with E-state index in [0.717, 1.165) is 25.7 Å². The lowest BCUT2D eigenvalue weighted by Crippen LogP contribution is -2.49. The summed E-state index contributed by atoms with van der Waals surface area (Å²) in [5, 5.41) is 17.9. The van der Waals surface area contributed by atoms with Crippen LogP contribution in [0.4, 0.5) is 0 Å². The van der Waals surface area contributed by atoms with Crippen molar-refractivity contribution in [2.24, 2.45) is 4.99 Å². The Kier molecular flexibility index (Phi) is 9.75. The number of amides is 1. The predicted octanol–water partition coefficient (Wildman–Crippen LogP) is 3.60. The van der Waals surface area contributed by atoms with Crippen molar-refractivity contribution in [2.75, 3.05) is 27.8 Å². The average Bonchev–Trinajstić information content (AvgIpc) is 2.88. The first kappa shape index (κ1) is 26.5. The molecule has 1 aliphatic carbocycles. The first-order valence-electron chi connectivity index (χ1n) is 11.0. The number of aliphatic imine (C=N–C) groups is 1. The monoisotopic (exact) mass is 465 g/mol. The molecule has 0 atom stereocenters. The van der Waals surface area contributed by atoms with Gasteiger partial charge in [-0.05, 0) is 43.4 Å². The van der Waals surface area contributed by atoms with E-state index in [-0.39, 0.29) is 24.8 Å². The van der Waals surface area contributed by atoms with Gasteiger partial charge in [-0.25, -0.2) is 0 Å². The van der Waals surface area contributed by atoms with E-state index in [1.165, 1.54) is 5.56 Å². The van der Waals surface area contributed by atoms with Gasteiger partial charge in [0, 0.05) is 31.1 Å². The van der Waals surface area contributed by atoms with Gasteiger partial charge in [0.25, 0.3) is 5.91 Å². The Balaban J connectivity index is 0.00000408. The maximum atomic E-state index is 13.1. The number of benzene rings is 2. The highest BCUT2D eigenvalue weighted by molar-refractivity contribution is 5.97. The zero-order valence-corrected chi connectivity index (χ0v) is 19.4. The van der Waals surface area contributed by atoms with Crippen LogP contribution in [0, 0.1) is 11.5 Å². The minimum atomic E-state index is -0.180. The molecule has 1 fully saturated rings. The summed E-state index contributed by atoms with van der Waals surface area (Å²) in [4.78, 5) is 17.1. The van der Waals surface area contributed by atoms with E-state index in [1.807, 2.05) is 24.4 Å². The average molecular weight is 466 g/mol. The lowest BCUT2D eigenvalue weighted by Gasteiger charge is -2.41. The molecule has 0 aliphatic heterocycles. The third kappa shape index (κ3) is 6.19. The lowest BCUT2D eigenvalue weighted by atomic mass is 9.68. The molecular weight excluding hydrogens is 430 g/mol. The van der Waals surface area contributed by atoms with E-state index in [0.29, 0.717) is 29.6 Å². The van der Waals surface area contributed by atoms with Crippen molar-refractivity contribution in [3.63, 3.8) is 0 Å². The fourth-order valence-corrected chi connectivity index (χ4v) is 4.41. The van der Waals surface area contributed by atoms with Gasteiger partial charge in [-0.1, -0.05) is 37.8 Å².